The molecule has 1 aromatic heterocycles. The van der Waals surface area contributed by atoms with Gasteiger partial charge in [-0.3, -0.25) is 0 Å². The predicted molar refractivity (Wildman–Crippen MR) is 81.3 cm³/mol. The van der Waals surface area contributed by atoms with Gasteiger partial charge in [-0.1, -0.05) is 28.0 Å². The Kier molecular flexibility index (Phi) is 4.35. The van der Waals surface area contributed by atoms with Crippen molar-refractivity contribution in [2.45, 2.75) is 32.2 Å². The molecule has 0 saturated heterocycles. The Bertz CT molecular complexity index is 627. The Morgan fingerprint density at radius 1 is 1.48 bits per heavy atom. The normalized spacial score (nSPS) is 16.1. The number of likely N-dealkylation sites (N-methyl/N-ethyl adjacent to an activating group) is 1. The summed E-state index contributed by atoms with van der Waals surface area (Å²) in [5, 5.41) is 7.44. The van der Waals surface area contributed by atoms with Crippen molar-refractivity contribution in [2.75, 3.05) is 6.54 Å². The maximum Gasteiger partial charge on any atom is 0.228 e. The molecule has 6 heteroatoms. The molecule has 1 saturated carbocycles. The highest BCUT2D eigenvalue weighted by Crippen LogP contribution is 2.34. The van der Waals surface area contributed by atoms with Gasteiger partial charge in [-0.05, 0) is 43.5 Å². The van der Waals surface area contributed by atoms with Crippen molar-refractivity contribution in [3.63, 3.8) is 0 Å². The maximum atomic E-state index is 13.3. The Morgan fingerprint density at radius 3 is 3.00 bits per heavy atom. The number of benzene rings is 1. The van der Waals surface area contributed by atoms with Crippen molar-refractivity contribution in [1.82, 2.24) is 15.5 Å². The van der Waals surface area contributed by atoms with Crippen molar-refractivity contribution >= 4 is 15.9 Å². The van der Waals surface area contributed by atoms with Gasteiger partial charge in [0.05, 0.1) is 0 Å². The van der Waals surface area contributed by atoms with Gasteiger partial charge in [0, 0.05) is 22.5 Å². The van der Waals surface area contributed by atoms with Gasteiger partial charge in [-0.25, -0.2) is 4.39 Å². The molecule has 1 aliphatic rings. The summed E-state index contributed by atoms with van der Waals surface area (Å²) in [6.07, 6.45) is 3.24. The fourth-order valence-corrected chi connectivity index (χ4v) is 2.89. The zero-order valence-corrected chi connectivity index (χ0v) is 13.4. The molecular formula is C15H17BrFN3O. The van der Waals surface area contributed by atoms with Gasteiger partial charge in [0.15, 0.2) is 0 Å². The minimum absolute atomic E-state index is 0.317. The molecule has 0 spiro atoms. The van der Waals surface area contributed by atoms with Crippen LogP contribution in [0.1, 0.15) is 25.7 Å². The standard InChI is InChI=1S/C15H17BrFN3O/c1-2-18-13(9-3-4-9)8-14-19-15(20-21-14)11-7-10(17)5-6-12(11)16/h5-7,9,13,18H,2-4,8H2,1H3. The number of halogens is 2. The average Bonchev–Trinajstić information content (AvgIpc) is 3.21. The van der Waals surface area contributed by atoms with Crippen molar-refractivity contribution in [1.29, 1.82) is 0 Å². The minimum Gasteiger partial charge on any atom is -0.339 e. The third-order valence-corrected chi connectivity index (χ3v) is 4.38. The summed E-state index contributed by atoms with van der Waals surface area (Å²) in [5.74, 6) is 1.41. The molecule has 0 radical (unpaired) electrons. The molecule has 1 fully saturated rings. The zero-order chi connectivity index (χ0) is 14.8. The summed E-state index contributed by atoms with van der Waals surface area (Å²) >= 11 is 3.38. The van der Waals surface area contributed by atoms with Crippen LogP contribution in [0.2, 0.25) is 0 Å². The van der Waals surface area contributed by atoms with E-state index in [1.807, 2.05) is 0 Å². The van der Waals surface area contributed by atoms with Crippen LogP contribution >= 0.6 is 15.9 Å². The third kappa shape index (κ3) is 3.49. The molecule has 21 heavy (non-hydrogen) atoms. The number of aromatic nitrogens is 2. The number of nitrogens with zero attached hydrogens (tertiary/aromatic N) is 2. The molecule has 2 aromatic rings. The van der Waals surface area contributed by atoms with Crippen molar-refractivity contribution < 1.29 is 8.91 Å². The summed E-state index contributed by atoms with van der Waals surface area (Å²) in [4.78, 5) is 4.40. The van der Waals surface area contributed by atoms with Crippen LogP contribution in [0.4, 0.5) is 4.39 Å². The second-order valence-corrected chi connectivity index (χ2v) is 6.20. The lowest BCUT2D eigenvalue weighted by Crippen LogP contribution is -2.33. The molecule has 1 N–H and O–H groups in total. The zero-order valence-electron chi connectivity index (χ0n) is 11.8. The molecule has 1 atom stereocenters. The van der Waals surface area contributed by atoms with E-state index in [2.05, 4.69) is 38.3 Å². The van der Waals surface area contributed by atoms with Gasteiger partial charge in [0.2, 0.25) is 11.7 Å². The van der Waals surface area contributed by atoms with Crippen molar-refractivity contribution in [2.24, 2.45) is 5.92 Å². The number of hydrogen-bond donors (Lipinski definition) is 1. The van der Waals surface area contributed by atoms with Crippen LogP contribution in [-0.4, -0.2) is 22.7 Å². The molecule has 4 nitrogen and oxygen atoms in total. The molecule has 3 rings (SSSR count). The SMILES string of the molecule is CCNC(Cc1nc(-c2cc(F)ccc2Br)no1)C1CC1. The molecule has 0 aliphatic heterocycles. The first-order chi connectivity index (χ1) is 10.2. The number of rotatable bonds is 6. The molecule has 1 unspecified atom stereocenters. The summed E-state index contributed by atoms with van der Waals surface area (Å²) < 4.78 is 19.4. The van der Waals surface area contributed by atoms with Gasteiger partial charge >= 0.3 is 0 Å². The lowest BCUT2D eigenvalue weighted by molar-refractivity contribution is 0.348. The second-order valence-electron chi connectivity index (χ2n) is 5.34. The Labute approximate surface area is 131 Å². The van der Waals surface area contributed by atoms with Crippen LogP contribution in [0.3, 0.4) is 0 Å². The van der Waals surface area contributed by atoms with E-state index in [0.29, 0.717) is 29.2 Å². The maximum absolute atomic E-state index is 13.3. The molecule has 1 heterocycles. The van der Waals surface area contributed by atoms with Gasteiger partial charge in [0.1, 0.15) is 5.82 Å². The highest BCUT2D eigenvalue weighted by atomic mass is 79.9. The van der Waals surface area contributed by atoms with Gasteiger partial charge in [-0.15, -0.1) is 0 Å². The first-order valence-electron chi connectivity index (χ1n) is 7.18. The highest BCUT2D eigenvalue weighted by Gasteiger charge is 2.32. The lowest BCUT2D eigenvalue weighted by Gasteiger charge is -2.14. The van der Waals surface area contributed by atoms with E-state index in [4.69, 9.17) is 4.52 Å². The largest absolute Gasteiger partial charge is 0.339 e. The number of nitrogens with one attached hydrogen (secondary N) is 1. The highest BCUT2D eigenvalue weighted by molar-refractivity contribution is 9.10. The minimum atomic E-state index is -0.317. The van der Waals surface area contributed by atoms with Crippen LogP contribution in [-0.2, 0) is 6.42 Å². The predicted octanol–water partition coefficient (Wildman–Crippen LogP) is 3.57. The Balaban J connectivity index is 1.77. The molecule has 1 aliphatic carbocycles. The number of hydrogen-bond acceptors (Lipinski definition) is 4. The topological polar surface area (TPSA) is 51.0 Å². The van der Waals surface area contributed by atoms with Gasteiger partial charge in [-0.2, -0.15) is 4.98 Å². The van der Waals surface area contributed by atoms with Gasteiger partial charge < -0.3 is 9.84 Å². The van der Waals surface area contributed by atoms with Crippen LogP contribution in [0.5, 0.6) is 0 Å². The fourth-order valence-electron chi connectivity index (χ4n) is 2.47. The van der Waals surface area contributed by atoms with E-state index in [1.165, 1.54) is 25.0 Å². The van der Waals surface area contributed by atoms with E-state index < -0.39 is 0 Å². The first-order valence-corrected chi connectivity index (χ1v) is 7.98. The summed E-state index contributed by atoms with van der Waals surface area (Å²) in [5.41, 5.74) is 0.608. The molecule has 1 aromatic carbocycles. The average molecular weight is 354 g/mol. The van der Waals surface area contributed by atoms with Crippen LogP contribution in [0, 0.1) is 11.7 Å². The Hall–Kier alpha value is -1.27. The molecule has 112 valence electrons. The second kappa shape index (κ2) is 6.23. The van der Waals surface area contributed by atoms with E-state index in [9.17, 15) is 4.39 Å². The molecule has 0 amide bonds. The first kappa shape index (κ1) is 14.7. The fraction of sp³-hybridized carbons (Fsp3) is 0.467. The lowest BCUT2D eigenvalue weighted by atomic mass is 10.1. The summed E-state index contributed by atoms with van der Waals surface area (Å²) in [6, 6.07) is 4.83. The monoisotopic (exact) mass is 353 g/mol. The summed E-state index contributed by atoms with van der Waals surface area (Å²) in [6.45, 7) is 3.02. The van der Waals surface area contributed by atoms with E-state index >= 15 is 0 Å². The van der Waals surface area contributed by atoms with Crippen molar-refractivity contribution in [3.8, 4) is 11.4 Å². The Morgan fingerprint density at radius 2 is 2.29 bits per heavy atom. The molecule has 0 bridgehead atoms. The van der Waals surface area contributed by atoms with E-state index in [-0.39, 0.29) is 5.82 Å². The summed E-state index contributed by atoms with van der Waals surface area (Å²) in [7, 11) is 0. The van der Waals surface area contributed by atoms with Crippen molar-refractivity contribution in [3.05, 3.63) is 34.4 Å². The molecular weight excluding hydrogens is 337 g/mol. The van der Waals surface area contributed by atoms with Crippen LogP contribution in [0.15, 0.2) is 27.2 Å². The quantitative estimate of drug-likeness (QED) is 0.862. The van der Waals surface area contributed by atoms with E-state index in [1.54, 1.807) is 6.07 Å². The smallest absolute Gasteiger partial charge is 0.228 e. The van der Waals surface area contributed by atoms with Crippen LogP contribution < -0.4 is 5.32 Å². The van der Waals surface area contributed by atoms with Gasteiger partial charge in [0.25, 0.3) is 0 Å². The van der Waals surface area contributed by atoms with Crippen LogP contribution in [0.25, 0.3) is 11.4 Å². The third-order valence-electron chi connectivity index (χ3n) is 3.69. The van der Waals surface area contributed by atoms with E-state index in [0.717, 1.165) is 17.4 Å².